The van der Waals surface area contributed by atoms with Crippen LogP contribution in [0.3, 0.4) is 0 Å². The summed E-state index contributed by atoms with van der Waals surface area (Å²) in [4.78, 5) is 15.4. The van der Waals surface area contributed by atoms with Gasteiger partial charge in [-0.3, -0.25) is 4.79 Å². The highest BCUT2D eigenvalue weighted by Gasteiger charge is 2.35. The normalized spacial score (nSPS) is 18.4. The van der Waals surface area contributed by atoms with E-state index in [-0.39, 0.29) is 11.9 Å². The van der Waals surface area contributed by atoms with Crippen LogP contribution in [0.4, 0.5) is 0 Å². The summed E-state index contributed by atoms with van der Waals surface area (Å²) in [5.74, 6) is 0.833. The zero-order valence-electron chi connectivity index (χ0n) is 12.4. The second kappa shape index (κ2) is 5.55. The van der Waals surface area contributed by atoms with Crippen LogP contribution >= 0.6 is 11.5 Å². The zero-order valence-corrected chi connectivity index (χ0v) is 13.2. The molecule has 6 nitrogen and oxygen atoms in total. The van der Waals surface area contributed by atoms with E-state index in [0.29, 0.717) is 4.88 Å². The zero-order chi connectivity index (χ0) is 15.0. The lowest BCUT2D eigenvalue weighted by Gasteiger charge is -2.24. The van der Waals surface area contributed by atoms with Crippen molar-refractivity contribution < 1.29 is 9.32 Å². The highest BCUT2D eigenvalue weighted by Crippen LogP contribution is 2.37. The highest BCUT2D eigenvalue weighted by molar-refractivity contribution is 7.08. The Morgan fingerprint density at radius 3 is 2.95 bits per heavy atom. The van der Waals surface area contributed by atoms with Gasteiger partial charge in [0.15, 0.2) is 0 Å². The van der Waals surface area contributed by atoms with Crippen molar-refractivity contribution in [3.05, 3.63) is 27.6 Å². The van der Waals surface area contributed by atoms with Crippen molar-refractivity contribution >= 4 is 17.4 Å². The van der Waals surface area contributed by atoms with E-state index in [9.17, 15) is 4.79 Å². The molecule has 1 aliphatic rings. The van der Waals surface area contributed by atoms with Crippen molar-refractivity contribution in [2.75, 3.05) is 6.54 Å². The monoisotopic (exact) mass is 306 g/mol. The smallest absolute Gasteiger partial charge is 0.268 e. The molecule has 1 atom stereocenters. The van der Waals surface area contributed by atoms with Gasteiger partial charge in [-0.1, -0.05) is 16.6 Å². The van der Waals surface area contributed by atoms with Crippen molar-refractivity contribution in [3.63, 3.8) is 0 Å². The lowest BCUT2D eigenvalue weighted by molar-refractivity contribution is 0.0738. The largest absolute Gasteiger partial charge is 0.361 e. The first-order valence-corrected chi connectivity index (χ1v) is 7.95. The van der Waals surface area contributed by atoms with E-state index in [1.165, 1.54) is 11.5 Å². The minimum absolute atomic E-state index is 0.0318. The molecular formula is C14H18N4O2S. The SMILES string of the molecule is CCc1nnsc1C(=O)N1CCC[C@@H]1c1c(C)noc1C. The van der Waals surface area contributed by atoms with E-state index in [2.05, 4.69) is 14.7 Å². The van der Waals surface area contributed by atoms with E-state index < -0.39 is 0 Å². The number of likely N-dealkylation sites (tertiary alicyclic amines) is 1. The maximum Gasteiger partial charge on any atom is 0.268 e. The van der Waals surface area contributed by atoms with Crippen molar-refractivity contribution in [2.24, 2.45) is 0 Å². The molecule has 0 saturated carbocycles. The van der Waals surface area contributed by atoms with Crippen LogP contribution in [-0.2, 0) is 6.42 Å². The molecule has 0 unspecified atom stereocenters. The number of nitrogens with zero attached hydrogens (tertiary/aromatic N) is 4. The summed E-state index contributed by atoms with van der Waals surface area (Å²) in [5, 5.41) is 8.06. The fraction of sp³-hybridized carbons (Fsp3) is 0.571. The summed E-state index contributed by atoms with van der Waals surface area (Å²) in [6.07, 6.45) is 2.66. The van der Waals surface area contributed by atoms with Gasteiger partial charge in [0.05, 0.1) is 17.4 Å². The Labute approximate surface area is 127 Å². The van der Waals surface area contributed by atoms with Crippen molar-refractivity contribution in [3.8, 4) is 0 Å². The predicted octanol–water partition coefficient (Wildman–Crippen LogP) is 2.68. The van der Waals surface area contributed by atoms with Gasteiger partial charge < -0.3 is 9.42 Å². The Balaban J connectivity index is 1.93. The van der Waals surface area contributed by atoms with Crippen molar-refractivity contribution in [1.29, 1.82) is 0 Å². The fourth-order valence-corrected chi connectivity index (χ4v) is 3.72. The summed E-state index contributed by atoms with van der Waals surface area (Å²) >= 11 is 1.19. The molecule has 2 aromatic heterocycles. The molecule has 1 aliphatic heterocycles. The van der Waals surface area contributed by atoms with Crippen LogP contribution < -0.4 is 0 Å². The number of carbonyl (C=O) groups is 1. The molecule has 2 aromatic rings. The van der Waals surface area contributed by atoms with Gasteiger partial charge >= 0.3 is 0 Å². The number of hydrogen-bond acceptors (Lipinski definition) is 6. The number of amides is 1. The first kappa shape index (κ1) is 14.2. The molecule has 1 fully saturated rings. The molecule has 0 radical (unpaired) electrons. The molecule has 3 heterocycles. The average molecular weight is 306 g/mol. The third-order valence-corrected chi connectivity index (χ3v) is 4.78. The molecule has 7 heteroatoms. The molecule has 21 heavy (non-hydrogen) atoms. The molecule has 3 rings (SSSR count). The standard InChI is InChI=1S/C14H18N4O2S/c1-4-10-13(21-17-15-10)14(19)18-7-5-6-11(18)12-8(2)16-20-9(12)3/h11H,4-7H2,1-3H3/t11-/m1/s1. The molecule has 112 valence electrons. The number of hydrogen-bond donors (Lipinski definition) is 0. The Morgan fingerprint density at radius 1 is 1.48 bits per heavy atom. The molecular weight excluding hydrogens is 288 g/mol. The molecule has 0 bridgehead atoms. The molecule has 1 amide bonds. The number of rotatable bonds is 3. The van der Waals surface area contributed by atoms with Gasteiger partial charge in [0.2, 0.25) is 0 Å². The fourth-order valence-electron chi connectivity index (χ4n) is 3.01. The van der Waals surface area contributed by atoms with Gasteiger partial charge in [-0.15, -0.1) is 5.10 Å². The highest BCUT2D eigenvalue weighted by atomic mass is 32.1. The van der Waals surface area contributed by atoms with Crippen LogP contribution in [0.5, 0.6) is 0 Å². The second-order valence-corrected chi connectivity index (χ2v) is 6.05. The van der Waals surface area contributed by atoms with E-state index in [0.717, 1.165) is 48.5 Å². The van der Waals surface area contributed by atoms with Gasteiger partial charge in [-0.05, 0) is 44.6 Å². The third-order valence-electron chi connectivity index (χ3n) is 4.02. The minimum Gasteiger partial charge on any atom is -0.361 e. The van der Waals surface area contributed by atoms with E-state index >= 15 is 0 Å². The summed E-state index contributed by atoms with van der Waals surface area (Å²) in [5.41, 5.74) is 2.71. The lowest BCUT2D eigenvalue weighted by atomic mass is 10.0. The summed E-state index contributed by atoms with van der Waals surface area (Å²) in [6, 6.07) is 0.0514. The Hall–Kier alpha value is -1.76. The van der Waals surface area contributed by atoms with Gasteiger partial charge in [-0.2, -0.15) is 0 Å². The van der Waals surface area contributed by atoms with Gasteiger partial charge in [-0.25, -0.2) is 0 Å². The van der Waals surface area contributed by atoms with Gasteiger partial charge in [0.1, 0.15) is 10.6 Å². The van der Waals surface area contributed by atoms with Crippen LogP contribution in [0.2, 0.25) is 0 Å². The Kier molecular flexibility index (Phi) is 3.75. The van der Waals surface area contributed by atoms with E-state index in [4.69, 9.17) is 4.52 Å². The van der Waals surface area contributed by atoms with Crippen LogP contribution in [0.25, 0.3) is 0 Å². The number of carbonyl (C=O) groups excluding carboxylic acids is 1. The first-order chi connectivity index (χ1) is 10.1. The van der Waals surface area contributed by atoms with Crippen LogP contribution in [0.1, 0.15) is 58.2 Å². The van der Waals surface area contributed by atoms with Crippen molar-refractivity contribution in [2.45, 2.75) is 46.1 Å². The Bertz CT molecular complexity index is 644. The predicted molar refractivity (Wildman–Crippen MR) is 78.3 cm³/mol. The van der Waals surface area contributed by atoms with Gasteiger partial charge in [0.25, 0.3) is 5.91 Å². The van der Waals surface area contributed by atoms with E-state index in [1.54, 1.807) is 0 Å². The van der Waals surface area contributed by atoms with E-state index in [1.807, 2.05) is 25.7 Å². The molecule has 0 spiro atoms. The molecule has 0 aromatic carbocycles. The molecule has 0 N–H and O–H groups in total. The maximum absolute atomic E-state index is 12.8. The lowest BCUT2D eigenvalue weighted by Crippen LogP contribution is -2.31. The van der Waals surface area contributed by atoms with Crippen LogP contribution in [0, 0.1) is 13.8 Å². The summed E-state index contributed by atoms with van der Waals surface area (Å²) in [7, 11) is 0. The minimum atomic E-state index is 0.0318. The molecule has 0 aliphatic carbocycles. The third kappa shape index (κ3) is 2.35. The van der Waals surface area contributed by atoms with Crippen LogP contribution in [-0.4, -0.2) is 32.1 Å². The number of aryl methyl sites for hydroxylation is 3. The average Bonchev–Trinajstić information content (AvgIpc) is 3.18. The topological polar surface area (TPSA) is 72.1 Å². The quantitative estimate of drug-likeness (QED) is 0.871. The molecule has 1 saturated heterocycles. The number of aromatic nitrogens is 3. The van der Waals surface area contributed by atoms with Crippen molar-refractivity contribution in [1.82, 2.24) is 19.6 Å². The maximum atomic E-state index is 12.8. The first-order valence-electron chi connectivity index (χ1n) is 7.18. The second-order valence-electron chi connectivity index (χ2n) is 5.30. The van der Waals surface area contributed by atoms with Gasteiger partial charge in [0, 0.05) is 12.1 Å². The Morgan fingerprint density at radius 2 is 2.29 bits per heavy atom. The summed E-state index contributed by atoms with van der Waals surface area (Å²) in [6.45, 7) is 6.58. The van der Waals surface area contributed by atoms with Crippen LogP contribution in [0.15, 0.2) is 4.52 Å². The summed E-state index contributed by atoms with van der Waals surface area (Å²) < 4.78 is 9.18.